The summed E-state index contributed by atoms with van der Waals surface area (Å²) in [6.07, 6.45) is 0. The molecule has 0 amide bonds. The molecule has 2 aromatic carbocycles. The molecule has 3 heteroatoms. The number of methoxy groups -OCH3 is 1. The van der Waals surface area contributed by atoms with Gasteiger partial charge < -0.3 is 15.0 Å². The van der Waals surface area contributed by atoms with Gasteiger partial charge in [0.15, 0.2) is 0 Å². The number of anilines is 1. The molecule has 1 heterocycles. The van der Waals surface area contributed by atoms with Crippen LogP contribution in [0.2, 0.25) is 0 Å². The third-order valence-electron chi connectivity index (χ3n) is 3.92. The SMILES string of the molecule is COc1ccc(-c2ccc(C)n2-c2ccc(N)cc2C)cc1. The minimum Gasteiger partial charge on any atom is -0.497 e. The van der Waals surface area contributed by atoms with Crippen molar-refractivity contribution in [2.45, 2.75) is 13.8 Å². The Bertz CT molecular complexity index is 801. The van der Waals surface area contributed by atoms with Crippen molar-refractivity contribution < 1.29 is 4.74 Å². The number of aryl methyl sites for hydroxylation is 2. The van der Waals surface area contributed by atoms with Crippen LogP contribution in [0.4, 0.5) is 5.69 Å². The molecule has 0 radical (unpaired) electrons. The van der Waals surface area contributed by atoms with Gasteiger partial charge in [-0.05, 0) is 79.6 Å². The van der Waals surface area contributed by atoms with Gasteiger partial charge in [0.25, 0.3) is 0 Å². The maximum Gasteiger partial charge on any atom is 0.118 e. The van der Waals surface area contributed by atoms with E-state index in [0.29, 0.717) is 0 Å². The molecule has 0 fully saturated rings. The molecule has 0 atom stereocenters. The van der Waals surface area contributed by atoms with Gasteiger partial charge in [-0.3, -0.25) is 0 Å². The molecule has 2 N–H and O–H groups in total. The molecule has 3 aromatic rings. The molecular weight excluding hydrogens is 272 g/mol. The molecule has 0 saturated carbocycles. The zero-order chi connectivity index (χ0) is 15.7. The number of hydrogen-bond acceptors (Lipinski definition) is 2. The molecule has 0 aliphatic rings. The number of nitrogens with two attached hydrogens (primary N) is 1. The van der Waals surface area contributed by atoms with Gasteiger partial charge in [-0.1, -0.05) is 0 Å². The molecule has 3 nitrogen and oxygen atoms in total. The zero-order valence-electron chi connectivity index (χ0n) is 13.1. The van der Waals surface area contributed by atoms with Gasteiger partial charge in [-0.15, -0.1) is 0 Å². The first-order valence-corrected chi connectivity index (χ1v) is 7.29. The van der Waals surface area contributed by atoms with Crippen molar-refractivity contribution in [1.82, 2.24) is 4.57 Å². The minimum absolute atomic E-state index is 0.789. The number of benzene rings is 2. The molecule has 0 aliphatic heterocycles. The largest absolute Gasteiger partial charge is 0.497 e. The number of aromatic nitrogens is 1. The van der Waals surface area contributed by atoms with Gasteiger partial charge in [0, 0.05) is 17.1 Å². The summed E-state index contributed by atoms with van der Waals surface area (Å²) in [7, 11) is 1.68. The molecule has 1 aromatic heterocycles. The van der Waals surface area contributed by atoms with Gasteiger partial charge >= 0.3 is 0 Å². The Labute approximate surface area is 131 Å². The highest BCUT2D eigenvalue weighted by Gasteiger charge is 2.11. The second-order valence-corrected chi connectivity index (χ2v) is 5.47. The molecule has 3 rings (SSSR count). The van der Waals surface area contributed by atoms with E-state index in [-0.39, 0.29) is 0 Å². The molecule has 112 valence electrons. The second kappa shape index (κ2) is 5.60. The van der Waals surface area contributed by atoms with Crippen LogP contribution in [0.3, 0.4) is 0 Å². The fourth-order valence-electron chi connectivity index (χ4n) is 2.78. The Hall–Kier alpha value is -2.68. The van der Waals surface area contributed by atoms with Crippen molar-refractivity contribution in [1.29, 1.82) is 0 Å². The molecular formula is C19H20N2O. The van der Waals surface area contributed by atoms with Crippen LogP contribution < -0.4 is 10.5 Å². The lowest BCUT2D eigenvalue weighted by molar-refractivity contribution is 0.415. The van der Waals surface area contributed by atoms with Crippen LogP contribution in [0, 0.1) is 13.8 Å². The smallest absolute Gasteiger partial charge is 0.118 e. The highest BCUT2D eigenvalue weighted by molar-refractivity contribution is 5.66. The van der Waals surface area contributed by atoms with E-state index in [4.69, 9.17) is 10.5 Å². The highest BCUT2D eigenvalue weighted by Crippen LogP contribution is 2.29. The van der Waals surface area contributed by atoms with E-state index < -0.39 is 0 Å². The van der Waals surface area contributed by atoms with Crippen molar-refractivity contribution >= 4 is 5.69 Å². The monoisotopic (exact) mass is 292 g/mol. The van der Waals surface area contributed by atoms with Crippen molar-refractivity contribution in [3.05, 3.63) is 65.9 Å². The highest BCUT2D eigenvalue weighted by atomic mass is 16.5. The van der Waals surface area contributed by atoms with E-state index in [1.54, 1.807) is 7.11 Å². The fraction of sp³-hybridized carbons (Fsp3) is 0.158. The average Bonchev–Trinajstić information content (AvgIpc) is 2.89. The molecule has 22 heavy (non-hydrogen) atoms. The summed E-state index contributed by atoms with van der Waals surface area (Å²) >= 11 is 0. The van der Waals surface area contributed by atoms with Crippen LogP contribution in [0.5, 0.6) is 5.75 Å². The Morgan fingerprint density at radius 1 is 0.909 bits per heavy atom. The Morgan fingerprint density at radius 3 is 2.27 bits per heavy atom. The van der Waals surface area contributed by atoms with Crippen LogP contribution in [-0.2, 0) is 0 Å². The molecule has 0 spiro atoms. The predicted octanol–water partition coefficient (Wildman–Crippen LogP) is 4.35. The molecule has 0 aliphatic carbocycles. The first-order chi connectivity index (χ1) is 10.6. The summed E-state index contributed by atoms with van der Waals surface area (Å²) in [4.78, 5) is 0. The van der Waals surface area contributed by atoms with E-state index in [0.717, 1.165) is 33.9 Å². The summed E-state index contributed by atoms with van der Waals surface area (Å²) in [6, 6.07) is 18.4. The first kappa shape index (κ1) is 14.3. The number of nitrogens with zero attached hydrogens (tertiary/aromatic N) is 1. The third-order valence-corrected chi connectivity index (χ3v) is 3.92. The molecule has 0 bridgehead atoms. The zero-order valence-corrected chi connectivity index (χ0v) is 13.1. The lowest BCUT2D eigenvalue weighted by Crippen LogP contribution is -2.02. The van der Waals surface area contributed by atoms with Crippen molar-refractivity contribution in [3.8, 4) is 22.7 Å². The van der Waals surface area contributed by atoms with Crippen LogP contribution >= 0.6 is 0 Å². The van der Waals surface area contributed by atoms with Gasteiger partial charge in [-0.25, -0.2) is 0 Å². The summed E-state index contributed by atoms with van der Waals surface area (Å²) in [6.45, 7) is 4.20. The lowest BCUT2D eigenvalue weighted by atomic mass is 10.1. The third kappa shape index (κ3) is 2.46. The summed E-state index contributed by atoms with van der Waals surface area (Å²) in [5, 5.41) is 0. The fourth-order valence-corrected chi connectivity index (χ4v) is 2.78. The average molecular weight is 292 g/mol. The van der Waals surface area contributed by atoms with Gasteiger partial charge in [-0.2, -0.15) is 0 Å². The summed E-state index contributed by atoms with van der Waals surface area (Å²) in [5.41, 5.74) is 12.5. The summed E-state index contributed by atoms with van der Waals surface area (Å²) < 4.78 is 7.50. The van der Waals surface area contributed by atoms with E-state index in [1.807, 2.05) is 24.3 Å². The number of rotatable bonds is 3. The topological polar surface area (TPSA) is 40.2 Å². The van der Waals surface area contributed by atoms with Crippen molar-refractivity contribution in [2.75, 3.05) is 12.8 Å². The Morgan fingerprint density at radius 2 is 1.64 bits per heavy atom. The van der Waals surface area contributed by atoms with Gasteiger partial charge in [0.05, 0.1) is 12.8 Å². The van der Waals surface area contributed by atoms with Gasteiger partial charge in [0.2, 0.25) is 0 Å². The first-order valence-electron chi connectivity index (χ1n) is 7.29. The quantitative estimate of drug-likeness (QED) is 0.729. The normalized spacial score (nSPS) is 10.7. The number of ether oxygens (including phenoxy) is 1. The van der Waals surface area contributed by atoms with Crippen LogP contribution in [0.25, 0.3) is 16.9 Å². The van der Waals surface area contributed by atoms with Crippen LogP contribution in [0.15, 0.2) is 54.6 Å². The maximum absolute atomic E-state index is 5.88. The molecule has 0 saturated heterocycles. The Kier molecular flexibility index (Phi) is 3.63. The van der Waals surface area contributed by atoms with Crippen LogP contribution in [-0.4, -0.2) is 11.7 Å². The number of hydrogen-bond donors (Lipinski definition) is 1. The van der Waals surface area contributed by atoms with E-state index in [2.05, 4.69) is 48.7 Å². The maximum atomic E-state index is 5.88. The standard InChI is InChI=1S/C19H20N2O/c1-13-12-16(20)7-11-18(13)21-14(2)4-10-19(21)15-5-8-17(22-3)9-6-15/h4-12H,20H2,1-3H3. The minimum atomic E-state index is 0.789. The molecule has 0 unspecified atom stereocenters. The van der Waals surface area contributed by atoms with Crippen molar-refractivity contribution in [3.63, 3.8) is 0 Å². The number of nitrogen functional groups attached to an aromatic ring is 1. The lowest BCUT2D eigenvalue weighted by Gasteiger charge is -2.15. The Balaban J connectivity index is 2.14. The van der Waals surface area contributed by atoms with Crippen LogP contribution in [0.1, 0.15) is 11.3 Å². The predicted molar refractivity (Wildman–Crippen MR) is 91.6 cm³/mol. The van der Waals surface area contributed by atoms with Crippen molar-refractivity contribution in [2.24, 2.45) is 0 Å². The summed E-state index contributed by atoms with van der Waals surface area (Å²) in [5.74, 6) is 0.863. The second-order valence-electron chi connectivity index (χ2n) is 5.47. The van der Waals surface area contributed by atoms with E-state index in [9.17, 15) is 0 Å². The van der Waals surface area contributed by atoms with E-state index >= 15 is 0 Å². The van der Waals surface area contributed by atoms with E-state index in [1.165, 1.54) is 5.69 Å². The van der Waals surface area contributed by atoms with Gasteiger partial charge in [0.1, 0.15) is 5.75 Å².